The molecule has 0 saturated heterocycles. The van der Waals surface area contributed by atoms with Crippen molar-refractivity contribution in [3.05, 3.63) is 97.2 Å². The molecule has 0 aliphatic rings. The number of carbonyl (C=O) groups excluding carboxylic acids is 3. The maximum Gasteiger partial charge on any atom is 0.306 e. The van der Waals surface area contributed by atoms with Gasteiger partial charge in [-0.05, 0) is 83.5 Å². The minimum absolute atomic E-state index is 0.111. The molecule has 0 spiro atoms. The molecule has 0 N–H and O–H groups in total. The molecule has 0 radical (unpaired) electrons. The lowest BCUT2D eigenvalue weighted by molar-refractivity contribution is -0.166. The predicted molar refractivity (Wildman–Crippen MR) is 270 cm³/mol. The summed E-state index contributed by atoms with van der Waals surface area (Å²) >= 11 is 0. The molecule has 0 bridgehead atoms. The van der Waals surface area contributed by atoms with E-state index in [1.165, 1.54) is 89.9 Å². The average Bonchev–Trinajstić information content (AvgIpc) is 3.28. The Labute approximate surface area is 387 Å². The van der Waals surface area contributed by atoms with Gasteiger partial charge in [0.05, 0.1) is 0 Å². The molecule has 0 aromatic carbocycles. The molecule has 0 aromatic rings. The number of rotatable bonds is 45. The van der Waals surface area contributed by atoms with E-state index >= 15 is 0 Å². The van der Waals surface area contributed by atoms with Gasteiger partial charge in [0, 0.05) is 19.3 Å². The van der Waals surface area contributed by atoms with Crippen molar-refractivity contribution < 1.29 is 28.6 Å². The highest BCUT2D eigenvalue weighted by molar-refractivity contribution is 5.71. The van der Waals surface area contributed by atoms with Crippen LogP contribution in [0.1, 0.15) is 226 Å². The minimum Gasteiger partial charge on any atom is -0.462 e. The molecule has 0 aliphatic carbocycles. The van der Waals surface area contributed by atoms with Crippen LogP contribution in [-0.2, 0) is 28.6 Å². The van der Waals surface area contributed by atoms with Gasteiger partial charge in [-0.15, -0.1) is 0 Å². The first kappa shape index (κ1) is 59.3. The van der Waals surface area contributed by atoms with Crippen molar-refractivity contribution in [3.8, 4) is 0 Å². The van der Waals surface area contributed by atoms with Crippen molar-refractivity contribution >= 4 is 17.9 Å². The summed E-state index contributed by atoms with van der Waals surface area (Å²) in [6.07, 6.45) is 66.9. The summed E-state index contributed by atoms with van der Waals surface area (Å²) in [5.41, 5.74) is 0. The average molecular weight is 875 g/mol. The largest absolute Gasteiger partial charge is 0.462 e. The van der Waals surface area contributed by atoms with E-state index in [0.29, 0.717) is 12.8 Å². The molecule has 0 aliphatic heterocycles. The van der Waals surface area contributed by atoms with Gasteiger partial charge in [-0.25, -0.2) is 0 Å². The van der Waals surface area contributed by atoms with E-state index in [1.54, 1.807) is 0 Å². The number of hydrogen-bond acceptors (Lipinski definition) is 6. The van der Waals surface area contributed by atoms with E-state index < -0.39 is 6.10 Å². The second kappa shape index (κ2) is 51.0. The number of carbonyl (C=O) groups is 3. The van der Waals surface area contributed by atoms with Crippen LogP contribution in [0.25, 0.3) is 0 Å². The molecule has 1 unspecified atom stereocenters. The van der Waals surface area contributed by atoms with Crippen molar-refractivity contribution in [2.75, 3.05) is 13.2 Å². The zero-order valence-corrected chi connectivity index (χ0v) is 40.8. The third-order valence-electron chi connectivity index (χ3n) is 10.6. The number of allylic oxidation sites excluding steroid dienone is 16. The molecule has 0 saturated carbocycles. The molecule has 6 nitrogen and oxygen atoms in total. The van der Waals surface area contributed by atoms with E-state index in [9.17, 15) is 14.4 Å². The number of esters is 3. The Balaban J connectivity index is 4.52. The standard InChI is InChI=1S/C57H94O6/c1-4-7-10-13-16-19-22-24-26-28-29-30-32-33-35-38-41-44-47-50-56(59)62-53-54(52-61-55(58)49-46-43-40-37-21-18-15-12-9-6-3)63-57(60)51-48-45-42-39-36-34-31-27-25-23-20-17-14-11-8-5-2/h7,10,16,19,24,26-27,29-31,33-36,41,44,54H,4-6,8-9,11-15,17-18,20-23,25,28,32,37-40,42-43,45-53H2,1-3H3/b10-7-,19-16-,26-24-,30-29-,31-27-,35-33-,36-34-,44-41-. The second-order valence-corrected chi connectivity index (χ2v) is 16.7. The zero-order chi connectivity index (χ0) is 45.8. The Kier molecular flexibility index (Phi) is 48.0. The van der Waals surface area contributed by atoms with Crippen molar-refractivity contribution in [2.24, 2.45) is 0 Å². The summed E-state index contributed by atoms with van der Waals surface area (Å²) in [6, 6.07) is 0. The molecule has 0 amide bonds. The summed E-state index contributed by atoms with van der Waals surface area (Å²) < 4.78 is 16.7. The lowest BCUT2D eigenvalue weighted by Gasteiger charge is -2.18. The fourth-order valence-electron chi connectivity index (χ4n) is 6.75. The van der Waals surface area contributed by atoms with Crippen LogP contribution in [0.15, 0.2) is 97.2 Å². The second-order valence-electron chi connectivity index (χ2n) is 16.7. The summed E-state index contributed by atoms with van der Waals surface area (Å²) in [6.45, 7) is 6.41. The van der Waals surface area contributed by atoms with Gasteiger partial charge in [-0.2, -0.15) is 0 Å². The number of unbranched alkanes of at least 4 members (excludes halogenated alkanes) is 19. The quantitative estimate of drug-likeness (QED) is 0.0199. The van der Waals surface area contributed by atoms with Crippen molar-refractivity contribution in [1.82, 2.24) is 0 Å². The van der Waals surface area contributed by atoms with Crippen LogP contribution in [0.3, 0.4) is 0 Å². The van der Waals surface area contributed by atoms with E-state index in [4.69, 9.17) is 14.2 Å². The van der Waals surface area contributed by atoms with E-state index in [1.807, 2.05) is 12.2 Å². The van der Waals surface area contributed by atoms with Crippen molar-refractivity contribution in [2.45, 2.75) is 232 Å². The lowest BCUT2D eigenvalue weighted by atomic mass is 10.1. The van der Waals surface area contributed by atoms with Gasteiger partial charge in [-0.3, -0.25) is 14.4 Å². The third-order valence-corrected chi connectivity index (χ3v) is 10.6. The molecule has 6 heteroatoms. The van der Waals surface area contributed by atoms with Gasteiger partial charge in [0.2, 0.25) is 0 Å². The van der Waals surface area contributed by atoms with Gasteiger partial charge in [0.25, 0.3) is 0 Å². The maximum absolute atomic E-state index is 12.8. The molecule has 0 fully saturated rings. The summed E-state index contributed by atoms with van der Waals surface area (Å²) in [5.74, 6) is -1.03. The van der Waals surface area contributed by atoms with Gasteiger partial charge in [0.1, 0.15) is 13.2 Å². The Morgan fingerprint density at radius 3 is 1.14 bits per heavy atom. The van der Waals surface area contributed by atoms with Crippen molar-refractivity contribution in [3.63, 3.8) is 0 Å². The van der Waals surface area contributed by atoms with Crippen LogP contribution in [-0.4, -0.2) is 37.2 Å². The summed E-state index contributed by atoms with van der Waals surface area (Å²) in [5, 5.41) is 0. The first-order valence-electron chi connectivity index (χ1n) is 25.8. The molecule has 358 valence electrons. The predicted octanol–water partition coefficient (Wildman–Crippen LogP) is 17.0. The Hall–Kier alpha value is -3.67. The first-order chi connectivity index (χ1) is 31.0. The molecule has 0 heterocycles. The highest BCUT2D eigenvalue weighted by Crippen LogP contribution is 2.13. The van der Waals surface area contributed by atoms with Crippen LogP contribution in [0, 0.1) is 0 Å². The van der Waals surface area contributed by atoms with Crippen LogP contribution >= 0.6 is 0 Å². The Morgan fingerprint density at radius 1 is 0.349 bits per heavy atom. The van der Waals surface area contributed by atoms with Crippen LogP contribution in [0.2, 0.25) is 0 Å². The normalized spacial score (nSPS) is 12.9. The highest BCUT2D eigenvalue weighted by atomic mass is 16.6. The van der Waals surface area contributed by atoms with Gasteiger partial charge < -0.3 is 14.2 Å². The van der Waals surface area contributed by atoms with Crippen LogP contribution < -0.4 is 0 Å². The lowest BCUT2D eigenvalue weighted by Crippen LogP contribution is -2.30. The van der Waals surface area contributed by atoms with E-state index in [0.717, 1.165) is 89.9 Å². The highest BCUT2D eigenvalue weighted by Gasteiger charge is 2.19. The summed E-state index contributed by atoms with van der Waals surface area (Å²) in [7, 11) is 0. The topological polar surface area (TPSA) is 78.9 Å². The fraction of sp³-hybridized carbons (Fsp3) is 0.667. The number of ether oxygens (including phenoxy) is 3. The minimum atomic E-state index is -0.820. The smallest absolute Gasteiger partial charge is 0.306 e. The van der Waals surface area contributed by atoms with Gasteiger partial charge in [-0.1, -0.05) is 221 Å². The monoisotopic (exact) mass is 875 g/mol. The first-order valence-corrected chi connectivity index (χ1v) is 25.8. The molecule has 0 aromatic heterocycles. The molecular formula is C57H94O6. The zero-order valence-electron chi connectivity index (χ0n) is 40.8. The van der Waals surface area contributed by atoms with E-state index in [-0.39, 0.29) is 44.0 Å². The molecule has 0 rings (SSSR count). The Bertz CT molecular complexity index is 1280. The van der Waals surface area contributed by atoms with Crippen LogP contribution in [0.4, 0.5) is 0 Å². The Morgan fingerprint density at radius 2 is 0.698 bits per heavy atom. The fourth-order valence-corrected chi connectivity index (χ4v) is 6.75. The van der Waals surface area contributed by atoms with Gasteiger partial charge >= 0.3 is 17.9 Å². The molecule has 63 heavy (non-hydrogen) atoms. The van der Waals surface area contributed by atoms with Crippen LogP contribution in [0.5, 0.6) is 0 Å². The summed E-state index contributed by atoms with van der Waals surface area (Å²) in [4.78, 5) is 37.9. The molecular weight excluding hydrogens is 781 g/mol. The SMILES string of the molecule is CC/C=C\C/C=C\C/C=C\C/C=C\C/C=C\C/C=C\CCC(=O)OCC(COC(=O)CCCCCCCCCCCC)OC(=O)CCCCC/C=C\C=C/CCCCCCCCC. The maximum atomic E-state index is 12.8. The molecule has 1 atom stereocenters. The number of hydrogen-bond donors (Lipinski definition) is 0. The van der Waals surface area contributed by atoms with Gasteiger partial charge in [0.15, 0.2) is 6.10 Å². The van der Waals surface area contributed by atoms with E-state index in [2.05, 4.69) is 106 Å². The van der Waals surface area contributed by atoms with Crippen molar-refractivity contribution in [1.29, 1.82) is 0 Å². The third kappa shape index (κ3) is 49.2.